The Bertz CT molecular complexity index is 352. The Kier molecular flexibility index (Phi) is 5.71. The molecule has 0 spiro atoms. The maximum atomic E-state index is 10.2. The molecule has 0 radical (unpaired) electrons. The Hall–Kier alpha value is -1.02. The molecule has 1 fully saturated rings. The molecule has 1 N–H and O–H groups in total. The summed E-state index contributed by atoms with van der Waals surface area (Å²) in [7, 11) is 0. The molecule has 2 heteroatoms. The van der Waals surface area contributed by atoms with E-state index in [-0.39, 0.29) is 6.10 Å². The monoisotopic (exact) mass is 262 g/mol. The molecule has 0 bridgehead atoms. The Labute approximate surface area is 116 Å². The molecule has 1 aromatic carbocycles. The van der Waals surface area contributed by atoms with E-state index in [9.17, 15) is 5.11 Å². The van der Waals surface area contributed by atoms with Gasteiger partial charge in [-0.15, -0.1) is 0 Å². The summed E-state index contributed by atoms with van der Waals surface area (Å²) in [5, 5.41) is 10.2. The summed E-state index contributed by atoms with van der Waals surface area (Å²) in [6, 6.07) is 8.25. The normalized spacial score (nSPS) is 18.2. The highest BCUT2D eigenvalue weighted by Crippen LogP contribution is 2.27. The van der Waals surface area contributed by atoms with Crippen molar-refractivity contribution in [2.75, 3.05) is 6.61 Å². The summed E-state index contributed by atoms with van der Waals surface area (Å²) in [4.78, 5) is 0. The molecular formula is C17H26O2. The molecule has 0 aliphatic heterocycles. The number of ether oxygens (including phenoxy) is 1. The number of hydrogen-bond donors (Lipinski definition) is 1. The molecule has 1 saturated carbocycles. The summed E-state index contributed by atoms with van der Waals surface area (Å²) in [5.41, 5.74) is 1.33. The first-order valence-electron chi connectivity index (χ1n) is 7.69. The number of benzene rings is 1. The summed E-state index contributed by atoms with van der Waals surface area (Å²) >= 11 is 0. The van der Waals surface area contributed by atoms with Gasteiger partial charge in [0.15, 0.2) is 0 Å². The summed E-state index contributed by atoms with van der Waals surface area (Å²) in [5.74, 6) is 1.41. The Morgan fingerprint density at radius 1 is 1.16 bits per heavy atom. The zero-order valence-corrected chi connectivity index (χ0v) is 12.0. The average molecular weight is 262 g/mol. The van der Waals surface area contributed by atoms with Crippen LogP contribution >= 0.6 is 0 Å². The zero-order valence-electron chi connectivity index (χ0n) is 12.0. The number of aliphatic hydroxyl groups excluding tert-OH is 1. The zero-order chi connectivity index (χ0) is 13.5. The maximum absolute atomic E-state index is 10.2. The van der Waals surface area contributed by atoms with Crippen molar-refractivity contribution in [1.29, 1.82) is 0 Å². The molecule has 0 saturated heterocycles. The molecule has 1 aliphatic rings. The fourth-order valence-electron chi connectivity index (χ4n) is 2.87. The van der Waals surface area contributed by atoms with Crippen LogP contribution in [0.3, 0.4) is 0 Å². The van der Waals surface area contributed by atoms with Gasteiger partial charge in [0, 0.05) is 6.42 Å². The van der Waals surface area contributed by atoms with Crippen molar-refractivity contribution in [3.63, 3.8) is 0 Å². The maximum Gasteiger partial charge on any atom is 0.119 e. The van der Waals surface area contributed by atoms with Gasteiger partial charge >= 0.3 is 0 Å². The van der Waals surface area contributed by atoms with Crippen LogP contribution in [-0.2, 0) is 6.42 Å². The van der Waals surface area contributed by atoms with Gasteiger partial charge in [-0.2, -0.15) is 0 Å². The molecule has 0 aromatic heterocycles. The molecule has 2 nitrogen and oxygen atoms in total. The van der Waals surface area contributed by atoms with E-state index in [1.54, 1.807) is 0 Å². The van der Waals surface area contributed by atoms with Gasteiger partial charge < -0.3 is 9.84 Å². The SMILES string of the molecule is CCc1ccc(OCCC(O)C2CCCCC2)cc1. The van der Waals surface area contributed by atoms with E-state index in [1.807, 2.05) is 12.1 Å². The van der Waals surface area contributed by atoms with Gasteiger partial charge in [0.05, 0.1) is 12.7 Å². The predicted molar refractivity (Wildman–Crippen MR) is 78.5 cm³/mol. The van der Waals surface area contributed by atoms with Crippen molar-refractivity contribution >= 4 is 0 Å². The minimum absolute atomic E-state index is 0.185. The smallest absolute Gasteiger partial charge is 0.119 e. The lowest BCUT2D eigenvalue weighted by molar-refractivity contribution is 0.0641. The highest BCUT2D eigenvalue weighted by Gasteiger charge is 2.21. The van der Waals surface area contributed by atoms with Gasteiger partial charge in [-0.1, -0.05) is 38.3 Å². The minimum Gasteiger partial charge on any atom is -0.493 e. The molecule has 1 atom stereocenters. The largest absolute Gasteiger partial charge is 0.493 e. The summed E-state index contributed by atoms with van der Waals surface area (Å²) in [6.07, 6.45) is 7.89. The first kappa shape index (κ1) is 14.4. The number of aryl methyl sites for hydroxylation is 1. The molecule has 1 unspecified atom stereocenters. The summed E-state index contributed by atoms with van der Waals surface area (Å²) in [6.45, 7) is 2.76. The van der Waals surface area contributed by atoms with Crippen LogP contribution in [0, 0.1) is 5.92 Å². The van der Waals surface area contributed by atoms with Gasteiger partial charge in [0.25, 0.3) is 0 Å². The second-order valence-electron chi connectivity index (χ2n) is 5.60. The fourth-order valence-corrected chi connectivity index (χ4v) is 2.87. The topological polar surface area (TPSA) is 29.5 Å². The minimum atomic E-state index is -0.185. The average Bonchev–Trinajstić information content (AvgIpc) is 2.49. The molecule has 1 aromatic rings. The molecule has 2 rings (SSSR count). The highest BCUT2D eigenvalue weighted by atomic mass is 16.5. The Balaban J connectivity index is 1.69. The van der Waals surface area contributed by atoms with Gasteiger partial charge in [0.1, 0.15) is 5.75 Å². The first-order chi connectivity index (χ1) is 9.29. The van der Waals surface area contributed by atoms with Crippen molar-refractivity contribution in [3.05, 3.63) is 29.8 Å². The van der Waals surface area contributed by atoms with Crippen LogP contribution < -0.4 is 4.74 Å². The number of rotatable bonds is 6. The lowest BCUT2D eigenvalue weighted by Crippen LogP contribution is -2.24. The molecule has 0 amide bonds. The van der Waals surface area contributed by atoms with Crippen LogP contribution in [0.4, 0.5) is 0 Å². The van der Waals surface area contributed by atoms with Crippen LogP contribution in [0.25, 0.3) is 0 Å². The highest BCUT2D eigenvalue weighted by molar-refractivity contribution is 5.27. The Morgan fingerprint density at radius 3 is 2.47 bits per heavy atom. The van der Waals surface area contributed by atoms with Crippen molar-refractivity contribution in [3.8, 4) is 5.75 Å². The van der Waals surface area contributed by atoms with Crippen LogP contribution in [-0.4, -0.2) is 17.8 Å². The summed E-state index contributed by atoms with van der Waals surface area (Å²) < 4.78 is 5.71. The van der Waals surface area contributed by atoms with Crippen LogP contribution in [0.2, 0.25) is 0 Å². The van der Waals surface area contributed by atoms with Crippen molar-refractivity contribution in [2.45, 2.75) is 58.0 Å². The first-order valence-corrected chi connectivity index (χ1v) is 7.69. The lowest BCUT2D eigenvalue weighted by Gasteiger charge is -2.26. The van der Waals surface area contributed by atoms with E-state index in [2.05, 4.69) is 19.1 Å². The van der Waals surface area contributed by atoms with E-state index in [0.29, 0.717) is 12.5 Å². The molecular weight excluding hydrogens is 236 g/mol. The van der Waals surface area contributed by atoms with Gasteiger partial charge in [-0.25, -0.2) is 0 Å². The standard InChI is InChI=1S/C17H26O2/c1-2-14-8-10-16(11-9-14)19-13-12-17(18)15-6-4-3-5-7-15/h8-11,15,17-18H,2-7,12-13H2,1H3. The lowest BCUT2D eigenvalue weighted by atomic mass is 9.84. The fraction of sp³-hybridized carbons (Fsp3) is 0.647. The van der Waals surface area contributed by atoms with Gasteiger partial charge in [-0.05, 0) is 42.9 Å². The predicted octanol–water partition coefficient (Wildman–Crippen LogP) is 3.96. The number of hydrogen-bond acceptors (Lipinski definition) is 2. The van der Waals surface area contributed by atoms with Crippen LogP contribution in [0.15, 0.2) is 24.3 Å². The van der Waals surface area contributed by atoms with E-state index in [4.69, 9.17) is 4.74 Å². The second-order valence-corrected chi connectivity index (χ2v) is 5.60. The van der Waals surface area contributed by atoms with Crippen LogP contribution in [0.5, 0.6) is 5.75 Å². The van der Waals surface area contributed by atoms with Crippen molar-refractivity contribution in [1.82, 2.24) is 0 Å². The molecule has 106 valence electrons. The van der Waals surface area contributed by atoms with Crippen molar-refractivity contribution < 1.29 is 9.84 Å². The van der Waals surface area contributed by atoms with E-state index in [0.717, 1.165) is 18.6 Å². The van der Waals surface area contributed by atoms with E-state index >= 15 is 0 Å². The third-order valence-corrected chi connectivity index (χ3v) is 4.21. The second kappa shape index (κ2) is 7.54. The Morgan fingerprint density at radius 2 is 1.84 bits per heavy atom. The van der Waals surface area contributed by atoms with E-state index in [1.165, 1.54) is 37.7 Å². The van der Waals surface area contributed by atoms with Crippen LogP contribution in [0.1, 0.15) is 51.0 Å². The molecule has 19 heavy (non-hydrogen) atoms. The van der Waals surface area contributed by atoms with E-state index < -0.39 is 0 Å². The quantitative estimate of drug-likeness (QED) is 0.841. The van der Waals surface area contributed by atoms with Crippen molar-refractivity contribution in [2.24, 2.45) is 5.92 Å². The number of aliphatic hydroxyl groups is 1. The molecule has 1 aliphatic carbocycles. The third kappa shape index (κ3) is 4.54. The van der Waals surface area contributed by atoms with Gasteiger partial charge in [-0.3, -0.25) is 0 Å². The third-order valence-electron chi connectivity index (χ3n) is 4.21. The molecule has 0 heterocycles. The van der Waals surface area contributed by atoms with Gasteiger partial charge in [0.2, 0.25) is 0 Å².